The van der Waals surface area contributed by atoms with Crippen LogP contribution in [0.3, 0.4) is 0 Å². The smallest absolute Gasteiger partial charge is 0.300 e. The van der Waals surface area contributed by atoms with Gasteiger partial charge in [-0.2, -0.15) is 0 Å². The van der Waals surface area contributed by atoms with Crippen LogP contribution in [0.5, 0.6) is 5.75 Å². The number of non-ortho nitro benzene ring substituents is 1. The van der Waals surface area contributed by atoms with E-state index < -0.39 is 22.7 Å². The van der Waals surface area contributed by atoms with Gasteiger partial charge in [0.15, 0.2) is 0 Å². The molecule has 2 aromatic rings. The molecule has 0 aliphatic carbocycles. The first-order chi connectivity index (χ1) is 12.9. The lowest BCUT2D eigenvalue weighted by molar-refractivity contribution is -0.384. The molecule has 0 radical (unpaired) electrons. The van der Waals surface area contributed by atoms with E-state index in [9.17, 15) is 19.7 Å². The number of rotatable bonds is 4. The molecule has 1 aliphatic heterocycles. The van der Waals surface area contributed by atoms with Crippen molar-refractivity contribution in [2.75, 3.05) is 12.0 Å². The van der Waals surface area contributed by atoms with Crippen molar-refractivity contribution in [3.63, 3.8) is 0 Å². The molecule has 2 aromatic carbocycles. The number of nitrogens with two attached hydrogens (primary N) is 1. The monoisotopic (exact) mass is 367 g/mol. The van der Waals surface area contributed by atoms with Crippen molar-refractivity contribution >= 4 is 23.1 Å². The average molecular weight is 367 g/mol. The third kappa shape index (κ3) is 3.01. The Labute approximate surface area is 155 Å². The number of anilines is 1. The molecule has 1 unspecified atom stereocenters. The van der Waals surface area contributed by atoms with Crippen molar-refractivity contribution < 1.29 is 19.2 Å². The van der Waals surface area contributed by atoms with Crippen LogP contribution in [0.15, 0.2) is 59.8 Å². The summed E-state index contributed by atoms with van der Waals surface area (Å²) in [6, 6.07) is 11.7. The Morgan fingerprint density at radius 1 is 1.19 bits per heavy atom. The highest BCUT2D eigenvalue weighted by atomic mass is 16.6. The Kier molecular flexibility index (Phi) is 4.64. The van der Waals surface area contributed by atoms with Gasteiger partial charge >= 0.3 is 0 Å². The first-order valence-corrected chi connectivity index (χ1v) is 8.08. The van der Waals surface area contributed by atoms with Crippen LogP contribution >= 0.6 is 0 Å². The first-order valence-electron chi connectivity index (χ1n) is 8.08. The molecule has 8 heteroatoms. The second-order valence-electron chi connectivity index (χ2n) is 6.03. The number of nitrogens with zero attached hydrogens (tertiary/aromatic N) is 2. The maximum Gasteiger partial charge on any atom is 0.300 e. The van der Waals surface area contributed by atoms with Gasteiger partial charge in [-0.3, -0.25) is 24.6 Å². The zero-order valence-corrected chi connectivity index (χ0v) is 14.7. The fraction of sp³-hybridized carbons (Fsp3) is 0.158. The number of amides is 1. The highest BCUT2D eigenvalue weighted by Crippen LogP contribution is 2.43. The molecule has 1 heterocycles. The highest BCUT2D eigenvalue weighted by Gasteiger charge is 2.46. The Bertz CT molecular complexity index is 979. The van der Waals surface area contributed by atoms with Gasteiger partial charge < -0.3 is 10.5 Å². The van der Waals surface area contributed by atoms with E-state index in [0.29, 0.717) is 17.0 Å². The quantitative estimate of drug-likeness (QED) is 0.384. The van der Waals surface area contributed by atoms with E-state index in [2.05, 4.69) is 0 Å². The lowest BCUT2D eigenvalue weighted by Crippen LogP contribution is -2.29. The number of benzene rings is 2. The van der Waals surface area contributed by atoms with Crippen LogP contribution in [-0.2, 0) is 9.59 Å². The molecule has 2 N–H and O–H groups in total. The predicted molar refractivity (Wildman–Crippen MR) is 98.2 cm³/mol. The van der Waals surface area contributed by atoms with Crippen molar-refractivity contribution in [1.82, 2.24) is 0 Å². The van der Waals surface area contributed by atoms with Crippen molar-refractivity contribution in [2.24, 2.45) is 5.73 Å². The van der Waals surface area contributed by atoms with Gasteiger partial charge in [0.2, 0.25) is 0 Å². The maximum absolute atomic E-state index is 12.8. The molecule has 0 bridgehead atoms. The van der Waals surface area contributed by atoms with Crippen LogP contribution in [0, 0.1) is 10.1 Å². The number of hydrogen-bond acceptors (Lipinski definition) is 6. The summed E-state index contributed by atoms with van der Waals surface area (Å²) in [6.07, 6.45) is 0. The summed E-state index contributed by atoms with van der Waals surface area (Å²) in [6.45, 7) is 1.52. The number of hydrogen-bond donors (Lipinski definition) is 1. The molecule has 8 nitrogen and oxygen atoms in total. The number of nitro benzene ring substituents is 1. The molecule has 138 valence electrons. The van der Waals surface area contributed by atoms with Crippen LogP contribution in [0.4, 0.5) is 11.4 Å². The van der Waals surface area contributed by atoms with Crippen molar-refractivity contribution in [3.05, 3.63) is 75.5 Å². The van der Waals surface area contributed by atoms with E-state index in [0.717, 1.165) is 0 Å². The number of Topliss-reactive ketones (excluding diaryl/α,β-unsaturated/α-hetero) is 1. The molecule has 0 aromatic heterocycles. The molecule has 1 aliphatic rings. The number of nitro groups is 1. The summed E-state index contributed by atoms with van der Waals surface area (Å²) >= 11 is 0. The highest BCUT2D eigenvalue weighted by molar-refractivity contribution is 6.51. The van der Waals surface area contributed by atoms with Gasteiger partial charge in [0.1, 0.15) is 5.75 Å². The summed E-state index contributed by atoms with van der Waals surface area (Å²) in [7, 11) is 1.45. The summed E-state index contributed by atoms with van der Waals surface area (Å²) < 4.78 is 5.32. The molecule has 1 atom stereocenters. The van der Waals surface area contributed by atoms with E-state index in [-0.39, 0.29) is 17.0 Å². The van der Waals surface area contributed by atoms with Gasteiger partial charge in [0.05, 0.1) is 29.3 Å². The summed E-state index contributed by atoms with van der Waals surface area (Å²) in [5.41, 5.74) is 6.83. The Morgan fingerprint density at radius 3 is 2.52 bits per heavy atom. The number of ether oxygens (including phenoxy) is 1. The second-order valence-corrected chi connectivity index (χ2v) is 6.03. The minimum absolute atomic E-state index is 0.103. The average Bonchev–Trinajstić information content (AvgIpc) is 2.93. The van der Waals surface area contributed by atoms with Gasteiger partial charge in [0.25, 0.3) is 17.4 Å². The Morgan fingerprint density at radius 2 is 1.89 bits per heavy atom. The second kappa shape index (κ2) is 6.91. The molecule has 1 saturated heterocycles. The van der Waals surface area contributed by atoms with Crippen LogP contribution < -0.4 is 15.4 Å². The lowest BCUT2D eigenvalue weighted by atomic mass is 9.96. The first kappa shape index (κ1) is 18.1. The van der Waals surface area contributed by atoms with Crippen molar-refractivity contribution in [2.45, 2.75) is 13.0 Å². The van der Waals surface area contributed by atoms with E-state index in [1.807, 2.05) is 0 Å². The summed E-state index contributed by atoms with van der Waals surface area (Å²) in [4.78, 5) is 37.3. The molecule has 3 rings (SSSR count). The molecule has 0 saturated carbocycles. The van der Waals surface area contributed by atoms with E-state index in [4.69, 9.17) is 10.5 Å². The topological polar surface area (TPSA) is 116 Å². The van der Waals surface area contributed by atoms with Crippen LogP contribution in [0.2, 0.25) is 0 Å². The van der Waals surface area contributed by atoms with E-state index in [1.165, 1.54) is 37.1 Å². The number of methoxy groups -OCH3 is 1. The SMILES string of the molecule is COc1ccccc1N1C(=O)C(=O)/C(=C(\C)N)C1c1cccc([N+](=O)[O-])c1. The molecule has 27 heavy (non-hydrogen) atoms. The summed E-state index contributed by atoms with van der Waals surface area (Å²) in [5.74, 6) is -1.11. The number of para-hydroxylation sites is 2. The predicted octanol–water partition coefficient (Wildman–Crippen LogP) is 2.49. The van der Waals surface area contributed by atoms with Crippen LogP contribution in [0.25, 0.3) is 0 Å². The maximum atomic E-state index is 12.8. The van der Waals surface area contributed by atoms with Gasteiger partial charge in [-0.25, -0.2) is 0 Å². The van der Waals surface area contributed by atoms with E-state index >= 15 is 0 Å². The fourth-order valence-electron chi connectivity index (χ4n) is 3.19. The van der Waals surface area contributed by atoms with Gasteiger partial charge in [-0.15, -0.1) is 0 Å². The minimum Gasteiger partial charge on any atom is -0.495 e. The van der Waals surface area contributed by atoms with Gasteiger partial charge in [0, 0.05) is 17.8 Å². The van der Waals surface area contributed by atoms with Crippen molar-refractivity contribution in [1.29, 1.82) is 0 Å². The minimum atomic E-state index is -0.883. The van der Waals surface area contributed by atoms with Crippen molar-refractivity contribution in [3.8, 4) is 5.75 Å². The normalized spacial score (nSPS) is 18.6. The van der Waals surface area contributed by atoms with Gasteiger partial charge in [-0.05, 0) is 24.6 Å². The Hall–Kier alpha value is -3.68. The fourth-order valence-corrected chi connectivity index (χ4v) is 3.19. The van der Waals surface area contributed by atoms with E-state index in [1.54, 1.807) is 30.3 Å². The largest absolute Gasteiger partial charge is 0.495 e. The Balaban J connectivity index is 2.26. The number of ketones is 1. The zero-order valence-electron chi connectivity index (χ0n) is 14.7. The third-order valence-corrected chi connectivity index (χ3v) is 4.36. The lowest BCUT2D eigenvalue weighted by Gasteiger charge is -2.26. The molecule has 1 fully saturated rings. The number of allylic oxidation sites excluding steroid dienone is 1. The number of carbonyl (C=O) groups excluding carboxylic acids is 2. The molecular formula is C19H17N3O5. The summed E-state index contributed by atoms with van der Waals surface area (Å²) in [5, 5.41) is 11.2. The standard InChI is InChI=1S/C19H17N3O5/c1-11(20)16-17(12-6-5-7-13(10-12)22(25)26)21(19(24)18(16)23)14-8-3-4-9-15(14)27-2/h3-10,17H,20H2,1-2H3/b16-11+. The zero-order chi connectivity index (χ0) is 19.7. The van der Waals surface area contributed by atoms with Gasteiger partial charge in [-0.1, -0.05) is 24.3 Å². The van der Waals surface area contributed by atoms with Crippen LogP contribution in [0.1, 0.15) is 18.5 Å². The molecule has 1 amide bonds. The molecular weight excluding hydrogens is 350 g/mol. The molecule has 0 spiro atoms. The number of carbonyl (C=O) groups is 2. The van der Waals surface area contributed by atoms with Crippen LogP contribution in [-0.4, -0.2) is 23.7 Å². The third-order valence-electron chi connectivity index (χ3n) is 4.36.